The van der Waals surface area contributed by atoms with Gasteiger partial charge in [-0.05, 0) is 25.7 Å². The lowest BCUT2D eigenvalue weighted by molar-refractivity contribution is -0.0210. The number of hydrogen-bond acceptors (Lipinski definition) is 4. The molecule has 2 fully saturated rings. The van der Waals surface area contributed by atoms with Crippen LogP contribution in [-0.2, 0) is 4.74 Å². The van der Waals surface area contributed by atoms with Crippen molar-refractivity contribution < 1.29 is 19.7 Å². The second kappa shape index (κ2) is 5.86. The van der Waals surface area contributed by atoms with Gasteiger partial charge in [0, 0.05) is 38.9 Å². The molecule has 18 heavy (non-hydrogen) atoms. The maximum atomic E-state index is 10.8. The zero-order valence-electron chi connectivity index (χ0n) is 10.6. The molecule has 2 saturated heterocycles. The van der Waals surface area contributed by atoms with Gasteiger partial charge in [-0.2, -0.15) is 0 Å². The number of rotatable bonds is 3. The molecule has 0 aromatic rings. The van der Waals surface area contributed by atoms with E-state index in [0.717, 1.165) is 26.1 Å². The number of nitrogens with zero attached hydrogens (tertiary/aromatic N) is 1. The van der Waals surface area contributed by atoms with E-state index in [-0.39, 0.29) is 0 Å². The molecule has 2 aliphatic rings. The molecule has 6 heteroatoms. The maximum absolute atomic E-state index is 10.8. The van der Waals surface area contributed by atoms with Crippen LogP contribution in [0, 0.1) is 0 Å². The topological polar surface area (TPSA) is 82.0 Å². The highest BCUT2D eigenvalue weighted by Crippen LogP contribution is 2.22. The van der Waals surface area contributed by atoms with Gasteiger partial charge in [-0.25, -0.2) is 4.79 Å². The number of ether oxygens (including phenoxy) is 1. The summed E-state index contributed by atoms with van der Waals surface area (Å²) < 4.78 is 5.28. The second-order valence-corrected chi connectivity index (χ2v) is 5.26. The lowest BCUT2D eigenvalue weighted by Crippen LogP contribution is -2.53. The van der Waals surface area contributed by atoms with Crippen molar-refractivity contribution in [1.82, 2.24) is 10.2 Å². The summed E-state index contributed by atoms with van der Waals surface area (Å²) in [6.07, 6.45) is 2.09. The highest BCUT2D eigenvalue weighted by molar-refractivity contribution is 5.65. The maximum Gasteiger partial charge on any atom is 0.407 e. The van der Waals surface area contributed by atoms with Crippen molar-refractivity contribution in [2.24, 2.45) is 0 Å². The highest BCUT2D eigenvalue weighted by atomic mass is 16.5. The first kappa shape index (κ1) is 13.6. The molecule has 3 N–H and O–H groups in total. The van der Waals surface area contributed by atoms with Gasteiger partial charge in [0.1, 0.15) is 0 Å². The molecule has 2 heterocycles. The van der Waals surface area contributed by atoms with Crippen LogP contribution in [0.15, 0.2) is 0 Å². The van der Waals surface area contributed by atoms with E-state index in [1.807, 2.05) is 0 Å². The fourth-order valence-corrected chi connectivity index (χ4v) is 2.53. The predicted molar refractivity (Wildman–Crippen MR) is 65.6 cm³/mol. The Labute approximate surface area is 107 Å². The third-order valence-corrected chi connectivity index (χ3v) is 3.91. The van der Waals surface area contributed by atoms with Crippen molar-refractivity contribution in [3.63, 3.8) is 0 Å². The lowest BCUT2D eigenvalue weighted by Gasteiger charge is -2.38. The summed E-state index contributed by atoms with van der Waals surface area (Å²) in [6, 6.07) is 0.417. The number of aliphatic hydroxyl groups is 1. The molecule has 0 aromatic carbocycles. The molecule has 0 radical (unpaired) electrons. The summed E-state index contributed by atoms with van der Waals surface area (Å²) in [5, 5.41) is 22.6. The number of likely N-dealkylation sites (tertiary alicyclic amines) is 1. The Morgan fingerprint density at radius 3 is 2.50 bits per heavy atom. The standard InChI is InChI=1S/C12H22N2O4/c15-11(16)14-5-3-12(17,4-6-14)9-13-10-1-7-18-8-2-10/h10,13,17H,1-9H2,(H,15,16). The van der Waals surface area contributed by atoms with E-state index in [2.05, 4.69) is 5.32 Å². The van der Waals surface area contributed by atoms with Crippen molar-refractivity contribution in [1.29, 1.82) is 0 Å². The van der Waals surface area contributed by atoms with E-state index in [9.17, 15) is 9.90 Å². The third kappa shape index (κ3) is 3.57. The molecular formula is C12H22N2O4. The van der Waals surface area contributed by atoms with Gasteiger partial charge in [-0.1, -0.05) is 0 Å². The summed E-state index contributed by atoms with van der Waals surface area (Å²) in [5.41, 5.74) is -0.760. The van der Waals surface area contributed by atoms with Gasteiger partial charge in [0.05, 0.1) is 5.60 Å². The van der Waals surface area contributed by atoms with Gasteiger partial charge >= 0.3 is 6.09 Å². The van der Waals surface area contributed by atoms with Crippen LogP contribution in [0.5, 0.6) is 0 Å². The van der Waals surface area contributed by atoms with E-state index in [1.54, 1.807) is 0 Å². The Morgan fingerprint density at radius 1 is 1.33 bits per heavy atom. The Balaban J connectivity index is 1.73. The number of nitrogens with one attached hydrogen (secondary N) is 1. The quantitative estimate of drug-likeness (QED) is 0.676. The lowest BCUT2D eigenvalue weighted by atomic mass is 9.91. The minimum absolute atomic E-state index is 0.417. The normalized spacial score (nSPS) is 25.1. The Hall–Kier alpha value is -0.850. The molecule has 2 aliphatic heterocycles. The number of amides is 1. The number of carboxylic acid groups (broad SMARTS) is 1. The number of hydrogen-bond donors (Lipinski definition) is 3. The monoisotopic (exact) mass is 258 g/mol. The van der Waals surface area contributed by atoms with E-state index >= 15 is 0 Å². The zero-order chi connectivity index (χ0) is 13.0. The summed E-state index contributed by atoms with van der Waals surface area (Å²) in [7, 11) is 0. The minimum Gasteiger partial charge on any atom is -0.465 e. The molecule has 0 unspecified atom stereocenters. The predicted octanol–water partition coefficient (Wildman–Crippen LogP) is 0.260. The van der Waals surface area contributed by atoms with E-state index in [1.165, 1.54) is 4.90 Å². The van der Waals surface area contributed by atoms with E-state index < -0.39 is 11.7 Å². The molecule has 0 aliphatic carbocycles. The molecule has 0 atom stereocenters. The van der Waals surface area contributed by atoms with Crippen molar-refractivity contribution in [3.05, 3.63) is 0 Å². The minimum atomic E-state index is -0.894. The summed E-state index contributed by atoms with van der Waals surface area (Å²) >= 11 is 0. The summed E-state index contributed by atoms with van der Waals surface area (Å²) in [6.45, 7) is 2.94. The Bertz CT molecular complexity index is 284. The van der Waals surface area contributed by atoms with Crippen LogP contribution in [0.4, 0.5) is 4.79 Å². The molecule has 0 bridgehead atoms. The van der Waals surface area contributed by atoms with Gasteiger partial charge in [0.2, 0.25) is 0 Å². The van der Waals surface area contributed by atoms with Crippen molar-refractivity contribution in [2.45, 2.75) is 37.3 Å². The first-order valence-corrected chi connectivity index (χ1v) is 6.60. The van der Waals surface area contributed by atoms with Crippen LogP contribution in [0.1, 0.15) is 25.7 Å². The van der Waals surface area contributed by atoms with Crippen LogP contribution >= 0.6 is 0 Å². The zero-order valence-corrected chi connectivity index (χ0v) is 10.6. The largest absolute Gasteiger partial charge is 0.465 e. The van der Waals surface area contributed by atoms with Crippen LogP contribution in [0.2, 0.25) is 0 Å². The van der Waals surface area contributed by atoms with Crippen molar-refractivity contribution in [3.8, 4) is 0 Å². The number of piperidine rings is 1. The van der Waals surface area contributed by atoms with Gasteiger partial charge in [-0.3, -0.25) is 0 Å². The average molecular weight is 258 g/mol. The third-order valence-electron chi connectivity index (χ3n) is 3.91. The molecular weight excluding hydrogens is 236 g/mol. The van der Waals surface area contributed by atoms with Gasteiger partial charge in [-0.15, -0.1) is 0 Å². The average Bonchev–Trinajstić information content (AvgIpc) is 2.38. The molecule has 0 aromatic heterocycles. The van der Waals surface area contributed by atoms with Gasteiger partial charge in [0.15, 0.2) is 0 Å². The SMILES string of the molecule is O=C(O)N1CCC(O)(CNC2CCOCC2)CC1. The summed E-state index contributed by atoms with van der Waals surface area (Å²) in [4.78, 5) is 12.1. The summed E-state index contributed by atoms with van der Waals surface area (Å²) in [5.74, 6) is 0. The van der Waals surface area contributed by atoms with Crippen molar-refractivity contribution >= 4 is 6.09 Å². The fraction of sp³-hybridized carbons (Fsp3) is 0.917. The van der Waals surface area contributed by atoms with Crippen LogP contribution in [0.25, 0.3) is 0 Å². The molecule has 1 amide bonds. The Kier molecular flexibility index (Phi) is 4.42. The van der Waals surface area contributed by atoms with E-state index in [0.29, 0.717) is 38.5 Å². The van der Waals surface area contributed by atoms with Gasteiger partial charge < -0.3 is 25.2 Å². The molecule has 2 rings (SSSR count). The van der Waals surface area contributed by atoms with Crippen molar-refractivity contribution in [2.75, 3.05) is 32.8 Å². The highest BCUT2D eigenvalue weighted by Gasteiger charge is 2.34. The second-order valence-electron chi connectivity index (χ2n) is 5.26. The van der Waals surface area contributed by atoms with Crippen LogP contribution < -0.4 is 5.32 Å². The van der Waals surface area contributed by atoms with Gasteiger partial charge in [0.25, 0.3) is 0 Å². The molecule has 104 valence electrons. The Morgan fingerprint density at radius 2 is 1.94 bits per heavy atom. The molecule has 0 saturated carbocycles. The van der Waals surface area contributed by atoms with Crippen LogP contribution in [0.3, 0.4) is 0 Å². The smallest absolute Gasteiger partial charge is 0.407 e. The first-order valence-electron chi connectivity index (χ1n) is 6.60. The number of carbonyl (C=O) groups is 1. The molecule has 6 nitrogen and oxygen atoms in total. The van der Waals surface area contributed by atoms with E-state index in [4.69, 9.17) is 9.84 Å². The fourth-order valence-electron chi connectivity index (χ4n) is 2.53. The first-order chi connectivity index (χ1) is 8.59. The van der Waals surface area contributed by atoms with Crippen LogP contribution in [-0.4, -0.2) is 65.7 Å². The molecule has 0 spiro atoms.